The summed E-state index contributed by atoms with van der Waals surface area (Å²) in [6.07, 6.45) is 1.58. The first kappa shape index (κ1) is 13.9. The zero-order chi connectivity index (χ0) is 13.8. The Labute approximate surface area is 115 Å². The highest BCUT2D eigenvalue weighted by Gasteiger charge is 2.26. The van der Waals surface area contributed by atoms with E-state index in [4.69, 9.17) is 4.74 Å². The van der Waals surface area contributed by atoms with E-state index >= 15 is 0 Å². The number of para-hydroxylation sites is 1. The molecule has 1 aromatic rings. The average molecular weight is 261 g/mol. The van der Waals surface area contributed by atoms with Crippen LogP contribution in [-0.2, 0) is 16.0 Å². The van der Waals surface area contributed by atoms with Crippen molar-refractivity contribution in [3.05, 3.63) is 29.8 Å². The molecule has 3 heteroatoms. The van der Waals surface area contributed by atoms with Crippen molar-refractivity contribution in [2.45, 2.75) is 39.7 Å². The van der Waals surface area contributed by atoms with E-state index in [1.165, 1.54) is 11.3 Å². The number of hydrogen-bond acceptors (Lipinski definition) is 3. The molecule has 0 saturated carbocycles. The average Bonchev–Trinajstić information content (AvgIpc) is 2.37. The first-order valence-corrected chi connectivity index (χ1v) is 7.12. The van der Waals surface area contributed by atoms with Crippen molar-refractivity contribution in [1.82, 2.24) is 0 Å². The molecule has 0 fully saturated rings. The van der Waals surface area contributed by atoms with Gasteiger partial charge in [0.2, 0.25) is 0 Å². The summed E-state index contributed by atoms with van der Waals surface area (Å²) in [5, 5.41) is 0. The van der Waals surface area contributed by atoms with Gasteiger partial charge in [-0.15, -0.1) is 0 Å². The van der Waals surface area contributed by atoms with E-state index < -0.39 is 0 Å². The molecule has 0 radical (unpaired) electrons. The molecule has 0 amide bonds. The third kappa shape index (κ3) is 3.28. The first-order chi connectivity index (χ1) is 9.11. The van der Waals surface area contributed by atoms with Crippen molar-refractivity contribution >= 4 is 11.7 Å². The summed E-state index contributed by atoms with van der Waals surface area (Å²) in [4.78, 5) is 14.0. The largest absolute Gasteiger partial charge is 0.466 e. The minimum Gasteiger partial charge on any atom is -0.466 e. The minimum atomic E-state index is -0.106. The number of carbonyl (C=O) groups is 1. The maximum absolute atomic E-state index is 11.6. The number of benzene rings is 1. The second-order valence-electron chi connectivity index (χ2n) is 5.45. The van der Waals surface area contributed by atoms with Crippen molar-refractivity contribution < 1.29 is 9.53 Å². The van der Waals surface area contributed by atoms with E-state index in [0.717, 1.165) is 13.0 Å². The molecule has 1 aliphatic rings. The van der Waals surface area contributed by atoms with Crippen molar-refractivity contribution in [1.29, 1.82) is 0 Å². The van der Waals surface area contributed by atoms with E-state index in [-0.39, 0.29) is 12.0 Å². The fraction of sp³-hybridized carbons (Fsp3) is 0.562. The third-order valence-electron chi connectivity index (χ3n) is 3.68. The monoisotopic (exact) mass is 261 g/mol. The van der Waals surface area contributed by atoms with Gasteiger partial charge in [0.1, 0.15) is 0 Å². The molecule has 0 aliphatic carbocycles. The van der Waals surface area contributed by atoms with Crippen molar-refractivity contribution in [2.75, 3.05) is 18.1 Å². The van der Waals surface area contributed by atoms with Gasteiger partial charge in [0, 0.05) is 18.3 Å². The molecule has 0 saturated heterocycles. The molecular formula is C16H23NO2. The number of rotatable bonds is 4. The molecule has 1 heterocycles. The normalized spacial score (nSPS) is 19.7. The Morgan fingerprint density at radius 2 is 2.21 bits per heavy atom. The number of fused-ring (bicyclic) bond motifs is 1. The SMILES string of the molecule is CCOC(=O)CC(C)N1CC(C)Cc2ccccc21. The second-order valence-corrected chi connectivity index (χ2v) is 5.45. The van der Waals surface area contributed by atoms with E-state index in [0.29, 0.717) is 18.9 Å². The summed E-state index contributed by atoms with van der Waals surface area (Å²) >= 11 is 0. The summed E-state index contributed by atoms with van der Waals surface area (Å²) in [5.41, 5.74) is 2.66. The number of ether oxygens (including phenoxy) is 1. The summed E-state index contributed by atoms with van der Waals surface area (Å²) < 4.78 is 5.05. The lowest BCUT2D eigenvalue weighted by Crippen LogP contribution is -2.41. The van der Waals surface area contributed by atoms with Gasteiger partial charge in [-0.3, -0.25) is 4.79 Å². The molecule has 3 nitrogen and oxygen atoms in total. The summed E-state index contributed by atoms with van der Waals surface area (Å²) in [6.45, 7) is 7.68. The zero-order valence-electron chi connectivity index (χ0n) is 12.1. The number of carbonyl (C=O) groups excluding carboxylic acids is 1. The molecule has 0 aromatic heterocycles. The number of nitrogens with zero attached hydrogens (tertiary/aromatic N) is 1. The lowest BCUT2D eigenvalue weighted by molar-refractivity contribution is -0.143. The van der Waals surface area contributed by atoms with Gasteiger partial charge in [-0.2, -0.15) is 0 Å². The lowest BCUT2D eigenvalue weighted by Gasteiger charge is -2.38. The van der Waals surface area contributed by atoms with Crippen LogP contribution >= 0.6 is 0 Å². The third-order valence-corrected chi connectivity index (χ3v) is 3.68. The van der Waals surface area contributed by atoms with E-state index in [9.17, 15) is 4.79 Å². The summed E-state index contributed by atoms with van der Waals surface area (Å²) in [6, 6.07) is 8.69. The molecule has 0 N–H and O–H groups in total. The van der Waals surface area contributed by atoms with E-state index in [2.05, 4.69) is 43.0 Å². The van der Waals surface area contributed by atoms with E-state index in [1.54, 1.807) is 0 Å². The lowest BCUT2D eigenvalue weighted by atomic mass is 9.92. The van der Waals surface area contributed by atoms with Crippen LogP contribution in [0.2, 0.25) is 0 Å². The Bertz CT molecular complexity index is 444. The van der Waals surface area contributed by atoms with Gasteiger partial charge in [-0.05, 0) is 37.8 Å². The van der Waals surface area contributed by atoms with Crippen LogP contribution in [0.1, 0.15) is 32.8 Å². The van der Waals surface area contributed by atoms with Crippen LogP contribution in [0.15, 0.2) is 24.3 Å². The smallest absolute Gasteiger partial charge is 0.307 e. The molecule has 0 bridgehead atoms. The first-order valence-electron chi connectivity index (χ1n) is 7.12. The quantitative estimate of drug-likeness (QED) is 0.780. The molecule has 2 atom stereocenters. The Hall–Kier alpha value is -1.51. The van der Waals surface area contributed by atoms with Gasteiger partial charge in [-0.1, -0.05) is 25.1 Å². The van der Waals surface area contributed by atoms with Crippen LogP contribution in [0.3, 0.4) is 0 Å². The number of hydrogen-bond donors (Lipinski definition) is 0. The Balaban J connectivity index is 2.13. The Kier molecular flexibility index (Phi) is 4.46. The predicted molar refractivity (Wildman–Crippen MR) is 77.4 cm³/mol. The number of esters is 1. The van der Waals surface area contributed by atoms with Crippen LogP contribution in [0, 0.1) is 5.92 Å². The highest BCUT2D eigenvalue weighted by atomic mass is 16.5. The Morgan fingerprint density at radius 1 is 1.47 bits per heavy atom. The van der Waals surface area contributed by atoms with Gasteiger partial charge in [0.15, 0.2) is 0 Å². The Morgan fingerprint density at radius 3 is 2.95 bits per heavy atom. The zero-order valence-corrected chi connectivity index (χ0v) is 12.1. The van der Waals surface area contributed by atoms with Gasteiger partial charge < -0.3 is 9.64 Å². The maximum Gasteiger partial charge on any atom is 0.307 e. The summed E-state index contributed by atoms with van der Waals surface area (Å²) in [7, 11) is 0. The van der Waals surface area contributed by atoms with Gasteiger partial charge >= 0.3 is 5.97 Å². The highest BCUT2D eigenvalue weighted by molar-refractivity contribution is 5.71. The van der Waals surface area contributed by atoms with Crippen LogP contribution in [0.5, 0.6) is 0 Å². The van der Waals surface area contributed by atoms with Crippen molar-refractivity contribution in [3.63, 3.8) is 0 Å². The van der Waals surface area contributed by atoms with Crippen LogP contribution in [0.25, 0.3) is 0 Å². The number of anilines is 1. The highest BCUT2D eigenvalue weighted by Crippen LogP contribution is 2.31. The second kappa shape index (κ2) is 6.09. The van der Waals surface area contributed by atoms with Crippen LogP contribution in [0.4, 0.5) is 5.69 Å². The molecule has 0 spiro atoms. The van der Waals surface area contributed by atoms with E-state index in [1.807, 2.05) is 6.92 Å². The fourth-order valence-corrected chi connectivity index (χ4v) is 2.83. The molecule has 104 valence electrons. The molecule has 1 aliphatic heterocycles. The molecule has 2 rings (SSSR count). The molecular weight excluding hydrogens is 238 g/mol. The standard InChI is InChI=1S/C16H23NO2/c1-4-19-16(18)10-13(3)17-11-12(2)9-14-7-5-6-8-15(14)17/h5-8,12-13H,4,9-11H2,1-3H3. The fourth-order valence-electron chi connectivity index (χ4n) is 2.83. The summed E-state index contributed by atoms with van der Waals surface area (Å²) in [5.74, 6) is 0.519. The predicted octanol–water partition coefficient (Wildman–Crippen LogP) is 3.03. The van der Waals surface area contributed by atoms with Gasteiger partial charge in [0.25, 0.3) is 0 Å². The van der Waals surface area contributed by atoms with Crippen LogP contribution in [-0.4, -0.2) is 25.2 Å². The van der Waals surface area contributed by atoms with Crippen LogP contribution < -0.4 is 4.90 Å². The van der Waals surface area contributed by atoms with Gasteiger partial charge in [0.05, 0.1) is 13.0 Å². The topological polar surface area (TPSA) is 29.5 Å². The van der Waals surface area contributed by atoms with Crippen molar-refractivity contribution in [3.8, 4) is 0 Å². The molecule has 1 aromatic carbocycles. The van der Waals surface area contributed by atoms with Gasteiger partial charge in [-0.25, -0.2) is 0 Å². The van der Waals surface area contributed by atoms with Crippen molar-refractivity contribution in [2.24, 2.45) is 5.92 Å². The molecule has 19 heavy (non-hydrogen) atoms. The minimum absolute atomic E-state index is 0.106. The maximum atomic E-state index is 11.6. The molecule has 2 unspecified atom stereocenters.